The molecule has 0 atom stereocenters. The van der Waals surface area contributed by atoms with E-state index in [1.54, 1.807) is 12.1 Å². The molecular formula is C14H14Cl2N2O. The van der Waals surface area contributed by atoms with Crippen LogP contribution in [0.3, 0.4) is 0 Å². The number of hydrogen-bond acceptors (Lipinski definition) is 3. The fourth-order valence-corrected chi connectivity index (χ4v) is 2.01. The van der Waals surface area contributed by atoms with Crippen LogP contribution in [0.5, 0.6) is 5.88 Å². The fourth-order valence-electron chi connectivity index (χ4n) is 1.62. The van der Waals surface area contributed by atoms with E-state index in [0.29, 0.717) is 29.1 Å². The highest BCUT2D eigenvalue weighted by Gasteiger charge is 2.04. The molecule has 0 spiro atoms. The van der Waals surface area contributed by atoms with E-state index in [9.17, 15) is 0 Å². The van der Waals surface area contributed by atoms with Crippen molar-refractivity contribution in [3.63, 3.8) is 0 Å². The van der Waals surface area contributed by atoms with E-state index in [0.717, 1.165) is 11.3 Å². The van der Waals surface area contributed by atoms with Gasteiger partial charge in [-0.3, -0.25) is 0 Å². The zero-order valence-electron chi connectivity index (χ0n) is 10.5. The van der Waals surface area contributed by atoms with Crippen LogP contribution in [0.25, 0.3) is 0 Å². The SMILES string of the molecule is CNCc1nc(OCc2cccc(Cl)c2)ccc1Cl. The highest BCUT2D eigenvalue weighted by atomic mass is 35.5. The van der Waals surface area contributed by atoms with Crippen molar-refractivity contribution in [3.05, 3.63) is 57.7 Å². The Labute approximate surface area is 122 Å². The third-order valence-electron chi connectivity index (χ3n) is 2.51. The van der Waals surface area contributed by atoms with E-state index < -0.39 is 0 Å². The Balaban J connectivity index is 2.05. The highest BCUT2D eigenvalue weighted by Crippen LogP contribution is 2.19. The Kier molecular flexibility index (Phi) is 5.02. The van der Waals surface area contributed by atoms with Gasteiger partial charge in [0.2, 0.25) is 5.88 Å². The Bertz CT molecular complexity index is 561. The maximum absolute atomic E-state index is 6.04. The van der Waals surface area contributed by atoms with Crippen LogP contribution in [0, 0.1) is 0 Å². The summed E-state index contributed by atoms with van der Waals surface area (Å²) in [5, 5.41) is 4.34. The van der Waals surface area contributed by atoms with Gasteiger partial charge in [0.15, 0.2) is 0 Å². The van der Waals surface area contributed by atoms with Gasteiger partial charge in [-0.05, 0) is 30.8 Å². The van der Waals surface area contributed by atoms with Crippen molar-refractivity contribution in [1.82, 2.24) is 10.3 Å². The molecule has 1 aromatic heterocycles. The smallest absolute Gasteiger partial charge is 0.213 e. The fraction of sp³-hybridized carbons (Fsp3) is 0.214. The molecule has 0 aliphatic rings. The molecule has 0 saturated heterocycles. The second-order valence-electron chi connectivity index (χ2n) is 4.03. The van der Waals surface area contributed by atoms with Gasteiger partial charge in [-0.25, -0.2) is 4.98 Å². The van der Waals surface area contributed by atoms with E-state index in [-0.39, 0.29) is 0 Å². The van der Waals surface area contributed by atoms with Gasteiger partial charge in [-0.15, -0.1) is 0 Å². The molecule has 1 N–H and O–H groups in total. The minimum Gasteiger partial charge on any atom is -0.473 e. The predicted molar refractivity (Wildman–Crippen MR) is 77.8 cm³/mol. The predicted octanol–water partition coefficient (Wildman–Crippen LogP) is 3.69. The first-order chi connectivity index (χ1) is 9.19. The summed E-state index contributed by atoms with van der Waals surface area (Å²) in [6.07, 6.45) is 0. The first-order valence-electron chi connectivity index (χ1n) is 5.86. The summed E-state index contributed by atoms with van der Waals surface area (Å²) in [6.45, 7) is 1.03. The van der Waals surface area contributed by atoms with E-state index in [4.69, 9.17) is 27.9 Å². The molecule has 0 amide bonds. The monoisotopic (exact) mass is 296 g/mol. The summed E-state index contributed by atoms with van der Waals surface area (Å²) >= 11 is 12.0. The van der Waals surface area contributed by atoms with Crippen LogP contribution < -0.4 is 10.1 Å². The Hall–Kier alpha value is -1.29. The molecule has 2 aromatic rings. The normalized spacial score (nSPS) is 10.5. The van der Waals surface area contributed by atoms with Gasteiger partial charge >= 0.3 is 0 Å². The lowest BCUT2D eigenvalue weighted by Gasteiger charge is -2.08. The number of halogens is 2. The number of benzene rings is 1. The molecule has 0 aliphatic heterocycles. The molecule has 0 aliphatic carbocycles. The molecule has 0 unspecified atom stereocenters. The van der Waals surface area contributed by atoms with Crippen molar-refractivity contribution in [2.24, 2.45) is 0 Å². The topological polar surface area (TPSA) is 34.2 Å². The van der Waals surface area contributed by atoms with Crippen LogP contribution in [0.1, 0.15) is 11.3 Å². The van der Waals surface area contributed by atoms with Crippen molar-refractivity contribution in [3.8, 4) is 5.88 Å². The standard InChI is InChI=1S/C14H14Cl2N2O/c1-17-8-13-12(16)5-6-14(18-13)19-9-10-3-2-4-11(15)7-10/h2-7,17H,8-9H2,1H3. The second-order valence-corrected chi connectivity index (χ2v) is 4.87. The molecule has 0 saturated carbocycles. The quantitative estimate of drug-likeness (QED) is 0.914. The van der Waals surface area contributed by atoms with Gasteiger partial charge in [0.25, 0.3) is 0 Å². The molecule has 19 heavy (non-hydrogen) atoms. The van der Waals surface area contributed by atoms with E-state index in [1.807, 2.05) is 31.3 Å². The van der Waals surface area contributed by atoms with Crippen LogP contribution in [0.2, 0.25) is 10.0 Å². The minimum absolute atomic E-state index is 0.425. The lowest BCUT2D eigenvalue weighted by Crippen LogP contribution is -2.08. The first kappa shape index (κ1) is 14.1. The molecule has 3 nitrogen and oxygen atoms in total. The van der Waals surface area contributed by atoms with Crippen LogP contribution in [0.15, 0.2) is 36.4 Å². The number of aromatic nitrogens is 1. The first-order valence-corrected chi connectivity index (χ1v) is 6.62. The van der Waals surface area contributed by atoms with E-state index in [1.165, 1.54) is 0 Å². The van der Waals surface area contributed by atoms with Gasteiger partial charge in [-0.1, -0.05) is 35.3 Å². The van der Waals surface area contributed by atoms with Crippen molar-refractivity contribution in [2.75, 3.05) is 7.05 Å². The molecule has 1 heterocycles. The summed E-state index contributed by atoms with van der Waals surface area (Å²) in [5.74, 6) is 0.551. The third kappa shape index (κ3) is 4.10. The summed E-state index contributed by atoms with van der Waals surface area (Å²) < 4.78 is 5.63. The van der Waals surface area contributed by atoms with Crippen molar-refractivity contribution >= 4 is 23.2 Å². The van der Waals surface area contributed by atoms with Crippen molar-refractivity contribution in [2.45, 2.75) is 13.2 Å². The molecule has 5 heteroatoms. The molecule has 100 valence electrons. The van der Waals surface area contributed by atoms with Crippen LogP contribution >= 0.6 is 23.2 Å². The molecular weight excluding hydrogens is 283 g/mol. The summed E-state index contributed by atoms with van der Waals surface area (Å²) in [6, 6.07) is 11.1. The van der Waals surface area contributed by atoms with E-state index >= 15 is 0 Å². The third-order valence-corrected chi connectivity index (χ3v) is 3.09. The maximum atomic E-state index is 6.04. The van der Waals surface area contributed by atoms with Gasteiger partial charge in [0.1, 0.15) is 6.61 Å². The van der Waals surface area contributed by atoms with Crippen molar-refractivity contribution < 1.29 is 4.74 Å². The highest BCUT2D eigenvalue weighted by molar-refractivity contribution is 6.31. The average Bonchev–Trinajstić information content (AvgIpc) is 2.40. The van der Waals surface area contributed by atoms with Gasteiger partial charge < -0.3 is 10.1 Å². The zero-order valence-corrected chi connectivity index (χ0v) is 12.0. The zero-order chi connectivity index (χ0) is 13.7. The molecule has 0 radical (unpaired) electrons. The molecule has 1 aromatic carbocycles. The molecule has 0 fully saturated rings. The number of rotatable bonds is 5. The second kappa shape index (κ2) is 6.75. The summed E-state index contributed by atoms with van der Waals surface area (Å²) in [5.41, 5.74) is 1.77. The Morgan fingerprint density at radius 3 is 2.79 bits per heavy atom. The van der Waals surface area contributed by atoms with Crippen molar-refractivity contribution in [1.29, 1.82) is 0 Å². The number of hydrogen-bond donors (Lipinski definition) is 1. The minimum atomic E-state index is 0.425. The Morgan fingerprint density at radius 2 is 2.05 bits per heavy atom. The van der Waals surface area contributed by atoms with E-state index in [2.05, 4.69) is 10.3 Å². The largest absolute Gasteiger partial charge is 0.473 e. The van der Waals surface area contributed by atoms with Crippen LogP contribution in [-0.4, -0.2) is 12.0 Å². The number of pyridine rings is 1. The number of nitrogens with zero attached hydrogens (tertiary/aromatic N) is 1. The Morgan fingerprint density at radius 1 is 1.21 bits per heavy atom. The van der Waals surface area contributed by atoms with Gasteiger partial charge in [0.05, 0.1) is 10.7 Å². The maximum Gasteiger partial charge on any atom is 0.213 e. The summed E-state index contributed by atoms with van der Waals surface area (Å²) in [4.78, 5) is 4.35. The van der Waals surface area contributed by atoms with Gasteiger partial charge in [0, 0.05) is 17.6 Å². The molecule has 2 rings (SSSR count). The lowest BCUT2D eigenvalue weighted by atomic mass is 10.2. The van der Waals surface area contributed by atoms with Crippen LogP contribution in [0.4, 0.5) is 0 Å². The van der Waals surface area contributed by atoms with Gasteiger partial charge in [-0.2, -0.15) is 0 Å². The number of ether oxygens (including phenoxy) is 1. The molecule has 0 bridgehead atoms. The lowest BCUT2D eigenvalue weighted by molar-refractivity contribution is 0.293. The summed E-state index contributed by atoms with van der Waals surface area (Å²) in [7, 11) is 1.84. The van der Waals surface area contributed by atoms with Crippen LogP contribution in [-0.2, 0) is 13.2 Å². The number of nitrogens with one attached hydrogen (secondary N) is 1. The average molecular weight is 297 g/mol.